The van der Waals surface area contributed by atoms with E-state index < -0.39 is 11.7 Å². The molecule has 2 heterocycles. The first-order valence-corrected chi connectivity index (χ1v) is 6.59. The zero-order chi connectivity index (χ0) is 13.7. The van der Waals surface area contributed by atoms with Gasteiger partial charge >= 0.3 is 0 Å². The highest BCUT2D eigenvalue weighted by atomic mass is 19.1. The number of nitrogen functional groups attached to an aromatic ring is 1. The lowest BCUT2D eigenvalue weighted by Crippen LogP contribution is -2.29. The van der Waals surface area contributed by atoms with Crippen LogP contribution in [-0.4, -0.2) is 42.0 Å². The van der Waals surface area contributed by atoms with Gasteiger partial charge in [-0.2, -0.15) is 0 Å². The van der Waals surface area contributed by atoms with Gasteiger partial charge in [0.15, 0.2) is 11.6 Å². The van der Waals surface area contributed by atoms with Crippen LogP contribution < -0.4 is 11.1 Å². The van der Waals surface area contributed by atoms with Crippen LogP contribution in [0, 0.1) is 5.82 Å². The molecule has 1 saturated heterocycles. The number of carbonyl (C=O) groups is 1. The van der Waals surface area contributed by atoms with Crippen molar-refractivity contribution in [3.63, 3.8) is 0 Å². The molecule has 0 bridgehead atoms. The summed E-state index contributed by atoms with van der Waals surface area (Å²) in [6.45, 7) is 3.80. The van der Waals surface area contributed by atoms with Crippen LogP contribution >= 0.6 is 0 Å². The summed E-state index contributed by atoms with van der Waals surface area (Å²) in [7, 11) is 0. The van der Waals surface area contributed by atoms with Crippen molar-refractivity contribution in [2.24, 2.45) is 0 Å². The number of anilines is 1. The summed E-state index contributed by atoms with van der Waals surface area (Å²) in [6, 6.07) is 1.33. The van der Waals surface area contributed by atoms with E-state index >= 15 is 0 Å². The average molecular weight is 266 g/mol. The number of pyridine rings is 1. The normalized spacial score (nSPS) is 15.6. The zero-order valence-corrected chi connectivity index (χ0v) is 10.9. The fraction of sp³-hybridized carbons (Fsp3) is 0.538. The van der Waals surface area contributed by atoms with E-state index in [-0.39, 0.29) is 11.4 Å². The minimum atomic E-state index is -0.750. The van der Waals surface area contributed by atoms with E-state index in [0.29, 0.717) is 6.54 Å². The highest BCUT2D eigenvalue weighted by molar-refractivity contribution is 5.95. The van der Waals surface area contributed by atoms with Crippen LogP contribution in [0.1, 0.15) is 29.6 Å². The van der Waals surface area contributed by atoms with Gasteiger partial charge in [-0.25, -0.2) is 9.37 Å². The number of hydrogen-bond acceptors (Lipinski definition) is 4. The zero-order valence-electron chi connectivity index (χ0n) is 10.9. The molecule has 0 radical (unpaired) electrons. The molecular formula is C13H19FN4O. The van der Waals surface area contributed by atoms with Crippen LogP contribution in [0.15, 0.2) is 12.3 Å². The molecule has 0 unspecified atom stereocenters. The smallest absolute Gasteiger partial charge is 0.254 e. The van der Waals surface area contributed by atoms with Crippen molar-refractivity contribution in [3.8, 4) is 0 Å². The molecule has 0 aliphatic carbocycles. The predicted molar refractivity (Wildman–Crippen MR) is 71.2 cm³/mol. The number of amides is 1. The molecule has 2 rings (SSSR count). The first-order valence-electron chi connectivity index (χ1n) is 6.59. The Hall–Kier alpha value is -1.69. The number of nitrogens with two attached hydrogens (primary N) is 1. The summed E-state index contributed by atoms with van der Waals surface area (Å²) in [4.78, 5) is 17.7. The number of nitrogens with zero attached hydrogens (tertiary/aromatic N) is 2. The van der Waals surface area contributed by atoms with Crippen molar-refractivity contribution in [3.05, 3.63) is 23.6 Å². The lowest BCUT2D eigenvalue weighted by Gasteiger charge is -2.14. The average Bonchev–Trinajstić information content (AvgIpc) is 2.91. The van der Waals surface area contributed by atoms with Gasteiger partial charge in [0.05, 0.1) is 5.56 Å². The summed E-state index contributed by atoms with van der Waals surface area (Å²) < 4.78 is 13.6. The maximum Gasteiger partial charge on any atom is 0.254 e. The number of likely N-dealkylation sites (tertiary alicyclic amines) is 1. The Balaban J connectivity index is 1.76. The maximum absolute atomic E-state index is 13.6. The summed E-state index contributed by atoms with van der Waals surface area (Å²) in [5, 5.41) is 2.70. The molecule has 104 valence electrons. The van der Waals surface area contributed by atoms with Crippen LogP contribution in [0.5, 0.6) is 0 Å². The maximum atomic E-state index is 13.6. The molecule has 1 aromatic heterocycles. The third kappa shape index (κ3) is 3.64. The van der Waals surface area contributed by atoms with Crippen LogP contribution in [0.4, 0.5) is 10.2 Å². The van der Waals surface area contributed by atoms with Gasteiger partial charge in [0.2, 0.25) is 0 Å². The van der Waals surface area contributed by atoms with Crippen molar-refractivity contribution in [2.75, 3.05) is 31.9 Å². The van der Waals surface area contributed by atoms with Crippen LogP contribution in [0.2, 0.25) is 0 Å². The van der Waals surface area contributed by atoms with E-state index in [9.17, 15) is 9.18 Å². The number of rotatable bonds is 5. The molecule has 19 heavy (non-hydrogen) atoms. The van der Waals surface area contributed by atoms with Gasteiger partial charge < -0.3 is 16.0 Å². The fourth-order valence-electron chi connectivity index (χ4n) is 2.24. The summed E-state index contributed by atoms with van der Waals surface area (Å²) in [5.41, 5.74) is 5.28. The summed E-state index contributed by atoms with van der Waals surface area (Å²) >= 11 is 0. The fourth-order valence-corrected chi connectivity index (χ4v) is 2.24. The van der Waals surface area contributed by atoms with Crippen molar-refractivity contribution in [1.29, 1.82) is 0 Å². The molecule has 3 N–H and O–H groups in total. The van der Waals surface area contributed by atoms with Crippen molar-refractivity contribution >= 4 is 11.7 Å². The van der Waals surface area contributed by atoms with E-state index in [2.05, 4.69) is 15.2 Å². The van der Waals surface area contributed by atoms with E-state index in [1.807, 2.05) is 0 Å². The minimum absolute atomic E-state index is 0.0475. The van der Waals surface area contributed by atoms with E-state index in [1.54, 1.807) is 0 Å². The molecule has 0 atom stereocenters. The molecule has 0 saturated carbocycles. The molecule has 1 aromatic rings. The Labute approximate surface area is 112 Å². The number of carbonyl (C=O) groups excluding carboxylic acids is 1. The second-order valence-electron chi connectivity index (χ2n) is 4.72. The van der Waals surface area contributed by atoms with Gasteiger partial charge in [0.1, 0.15) is 0 Å². The van der Waals surface area contributed by atoms with Gasteiger partial charge in [0, 0.05) is 12.7 Å². The Bertz CT molecular complexity index is 446. The lowest BCUT2D eigenvalue weighted by atomic mass is 10.2. The Morgan fingerprint density at radius 3 is 2.95 bits per heavy atom. The predicted octanol–water partition coefficient (Wildman–Crippen LogP) is 1.02. The SMILES string of the molecule is Nc1nccc(C(=O)NCCCN2CCCC2)c1F. The summed E-state index contributed by atoms with van der Waals surface area (Å²) in [5.74, 6) is -1.43. The summed E-state index contributed by atoms with van der Waals surface area (Å²) in [6.07, 6.45) is 4.72. The number of hydrogen-bond donors (Lipinski definition) is 2. The van der Waals surface area contributed by atoms with E-state index in [0.717, 1.165) is 26.1 Å². The Morgan fingerprint density at radius 2 is 2.21 bits per heavy atom. The third-order valence-corrected chi connectivity index (χ3v) is 3.30. The molecule has 1 aliphatic heterocycles. The number of nitrogens with one attached hydrogen (secondary N) is 1. The molecule has 1 aliphatic rings. The quantitative estimate of drug-likeness (QED) is 0.781. The molecule has 6 heteroatoms. The topological polar surface area (TPSA) is 71.2 Å². The highest BCUT2D eigenvalue weighted by Gasteiger charge is 2.14. The van der Waals surface area contributed by atoms with Crippen molar-refractivity contribution in [2.45, 2.75) is 19.3 Å². The molecule has 5 nitrogen and oxygen atoms in total. The largest absolute Gasteiger partial charge is 0.381 e. The molecular weight excluding hydrogens is 247 g/mol. The van der Waals surface area contributed by atoms with Crippen LogP contribution in [-0.2, 0) is 0 Å². The lowest BCUT2D eigenvalue weighted by molar-refractivity contribution is 0.0948. The van der Waals surface area contributed by atoms with Gasteiger partial charge in [-0.15, -0.1) is 0 Å². The minimum Gasteiger partial charge on any atom is -0.381 e. The van der Waals surface area contributed by atoms with E-state index in [4.69, 9.17) is 5.73 Å². The Morgan fingerprint density at radius 1 is 1.47 bits per heavy atom. The van der Waals surface area contributed by atoms with E-state index in [1.165, 1.54) is 25.1 Å². The van der Waals surface area contributed by atoms with Gasteiger partial charge in [-0.05, 0) is 45.0 Å². The molecule has 1 amide bonds. The second-order valence-corrected chi connectivity index (χ2v) is 4.72. The number of halogens is 1. The van der Waals surface area contributed by atoms with Gasteiger partial charge in [-0.1, -0.05) is 0 Å². The van der Waals surface area contributed by atoms with Crippen LogP contribution in [0.3, 0.4) is 0 Å². The Kier molecular flexibility index (Phi) is 4.68. The standard InChI is InChI=1S/C13H19FN4O/c14-11-10(4-6-16-12(11)15)13(19)17-5-3-9-18-7-1-2-8-18/h4,6H,1-3,5,7-9H2,(H2,15,16)(H,17,19). The molecule has 0 spiro atoms. The van der Waals surface area contributed by atoms with Gasteiger partial charge in [0.25, 0.3) is 5.91 Å². The first kappa shape index (κ1) is 13.7. The number of aromatic nitrogens is 1. The second kappa shape index (κ2) is 6.47. The van der Waals surface area contributed by atoms with Gasteiger partial charge in [-0.3, -0.25) is 4.79 Å². The highest BCUT2D eigenvalue weighted by Crippen LogP contribution is 2.11. The van der Waals surface area contributed by atoms with Crippen molar-refractivity contribution < 1.29 is 9.18 Å². The molecule has 1 fully saturated rings. The first-order chi connectivity index (χ1) is 9.18. The third-order valence-electron chi connectivity index (χ3n) is 3.30. The molecule has 0 aromatic carbocycles. The van der Waals surface area contributed by atoms with Crippen molar-refractivity contribution in [1.82, 2.24) is 15.2 Å². The monoisotopic (exact) mass is 266 g/mol. The van der Waals surface area contributed by atoms with Crippen LogP contribution in [0.25, 0.3) is 0 Å².